The van der Waals surface area contributed by atoms with Gasteiger partial charge in [0, 0.05) is 31.3 Å². The molecule has 1 aromatic rings. The summed E-state index contributed by atoms with van der Waals surface area (Å²) in [5.74, 6) is 0.671. The van der Waals surface area contributed by atoms with Crippen molar-refractivity contribution in [2.75, 3.05) is 26.3 Å². The minimum absolute atomic E-state index is 0.0429. The van der Waals surface area contributed by atoms with Gasteiger partial charge in [-0.1, -0.05) is 0 Å². The van der Waals surface area contributed by atoms with Crippen LogP contribution < -0.4 is 4.74 Å². The van der Waals surface area contributed by atoms with Crippen molar-refractivity contribution >= 4 is 5.91 Å². The Labute approximate surface area is 112 Å². The zero-order chi connectivity index (χ0) is 13.3. The summed E-state index contributed by atoms with van der Waals surface area (Å²) in [5.41, 5.74) is 0.226. The van der Waals surface area contributed by atoms with E-state index < -0.39 is 6.10 Å². The Morgan fingerprint density at radius 3 is 3.05 bits per heavy atom. The normalized spacial score (nSPS) is 22.1. The lowest BCUT2D eigenvalue weighted by Crippen LogP contribution is -2.61. The highest BCUT2D eigenvalue weighted by Crippen LogP contribution is 2.38. The van der Waals surface area contributed by atoms with Gasteiger partial charge < -0.3 is 14.4 Å². The highest BCUT2D eigenvalue weighted by Gasteiger charge is 2.48. The molecule has 5 nitrogen and oxygen atoms in total. The van der Waals surface area contributed by atoms with Gasteiger partial charge in [-0.3, -0.25) is 9.78 Å². The van der Waals surface area contributed by atoms with Crippen molar-refractivity contribution in [3.05, 3.63) is 24.5 Å². The molecule has 102 valence electrons. The van der Waals surface area contributed by atoms with Gasteiger partial charge in [0.15, 0.2) is 6.10 Å². The first-order valence-electron chi connectivity index (χ1n) is 6.62. The second kappa shape index (κ2) is 4.81. The molecule has 1 spiro atoms. The second-order valence-corrected chi connectivity index (χ2v) is 5.45. The van der Waals surface area contributed by atoms with Gasteiger partial charge in [-0.15, -0.1) is 0 Å². The lowest BCUT2D eigenvalue weighted by atomic mass is 9.79. The fourth-order valence-corrected chi connectivity index (χ4v) is 2.75. The Hall–Kier alpha value is -1.62. The van der Waals surface area contributed by atoms with Crippen molar-refractivity contribution in [2.45, 2.75) is 19.4 Å². The Morgan fingerprint density at radius 2 is 2.42 bits per heavy atom. The number of carbonyl (C=O) groups is 1. The lowest BCUT2D eigenvalue weighted by molar-refractivity contribution is -0.150. The van der Waals surface area contributed by atoms with Crippen molar-refractivity contribution in [3.8, 4) is 5.75 Å². The molecule has 0 bridgehead atoms. The largest absolute Gasteiger partial charge is 0.479 e. The van der Waals surface area contributed by atoms with E-state index in [1.54, 1.807) is 31.5 Å². The van der Waals surface area contributed by atoms with E-state index in [0.717, 1.165) is 32.7 Å². The quantitative estimate of drug-likeness (QED) is 0.818. The molecule has 0 N–H and O–H groups in total. The predicted molar refractivity (Wildman–Crippen MR) is 68.8 cm³/mol. The van der Waals surface area contributed by atoms with Gasteiger partial charge in [-0.25, -0.2) is 0 Å². The number of likely N-dealkylation sites (tertiary alicyclic amines) is 1. The first kappa shape index (κ1) is 12.4. The molecule has 1 atom stereocenters. The van der Waals surface area contributed by atoms with Crippen LogP contribution in [0.4, 0.5) is 0 Å². The van der Waals surface area contributed by atoms with Crippen molar-refractivity contribution in [2.24, 2.45) is 5.41 Å². The number of nitrogens with zero attached hydrogens (tertiary/aromatic N) is 2. The van der Waals surface area contributed by atoms with E-state index in [-0.39, 0.29) is 11.3 Å². The van der Waals surface area contributed by atoms with Gasteiger partial charge >= 0.3 is 0 Å². The summed E-state index contributed by atoms with van der Waals surface area (Å²) >= 11 is 0. The monoisotopic (exact) mass is 262 g/mol. The highest BCUT2D eigenvalue weighted by molar-refractivity contribution is 5.81. The maximum atomic E-state index is 12.2. The third-order valence-electron chi connectivity index (χ3n) is 3.84. The molecule has 3 heterocycles. The number of ether oxygens (including phenoxy) is 2. The third-order valence-corrected chi connectivity index (χ3v) is 3.84. The van der Waals surface area contributed by atoms with Crippen LogP contribution in [0.1, 0.15) is 13.3 Å². The summed E-state index contributed by atoms with van der Waals surface area (Å²) in [4.78, 5) is 18.0. The van der Waals surface area contributed by atoms with Crippen LogP contribution in [0.15, 0.2) is 24.5 Å². The van der Waals surface area contributed by atoms with Crippen LogP contribution in [0.3, 0.4) is 0 Å². The van der Waals surface area contributed by atoms with E-state index in [4.69, 9.17) is 9.47 Å². The average molecular weight is 262 g/mol. The van der Waals surface area contributed by atoms with Crippen molar-refractivity contribution < 1.29 is 14.3 Å². The third kappa shape index (κ3) is 2.42. The van der Waals surface area contributed by atoms with Crippen LogP contribution in [-0.4, -0.2) is 48.2 Å². The van der Waals surface area contributed by atoms with Crippen LogP contribution in [0.5, 0.6) is 5.75 Å². The first-order chi connectivity index (χ1) is 9.19. The molecule has 2 aliphatic rings. The van der Waals surface area contributed by atoms with Crippen LogP contribution in [0.2, 0.25) is 0 Å². The molecule has 0 radical (unpaired) electrons. The molecule has 0 saturated carbocycles. The average Bonchev–Trinajstić information content (AvgIpc) is 2.87. The smallest absolute Gasteiger partial charge is 0.263 e. The number of amides is 1. The Balaban J connectivity index is 1.53. The van der Waals surface area contributed by atoms with E-state index >= 15 is 0 Å². The summed E-state index contributed by atoms with van der Waals surface area (Å²) in [6, 6.07) is 3.60. The molecule has 1 aromatic heterocycles. The molecule has 0 aliphatic carbocycles. The zero-order valence-electron chi connectivity index (χ0n) is 11.0. The molecule has 1 amide bonds. The molecule has 3 rings (SSSR count). The molecular weight excluding hydrogens is 244 g/mol. The number of carbonyl (C=O) groups excluding carboxylic acids is 1. The van der Waals surface area contributed by atoms with E-state index in [1.807, 2.05) is 4.90 Å². The summed E-state index contributed by atoms with van der Waals surface area (Å²) in [7, 11) is 0. The lowest BCUT2D eigenvalue weighted by Gasteiger charge is -2.47. The van der Waals surface area contributed by atoms with Crippen molar-refractivity contribution in [3.63, 3.8) is 0 Å². The van der Waals surface area contributed by atoms with Gasteiger partial charge in [0.1, 0.15) is 5.75 Å². The second-order valence-electron chi connectivity index (χ2n) is 5.45. The Kier molecular flexibility index (Phi) is 3.14. The summed E-state index contributed by atoms with van der Waals surface area (Å²) in [6.45, 7) is 4.99. The van der Waals surface area contributed by atoms with Crippen LogP contribution in [0, 0.1) is 5.41 Å². The van der Waals surface area contributed by atoms with Gasteiger partial charge in [0.05, 0.1) is 12.8 Å². The molecule has 5 heteroatoms. The number of hydrogen-bond donors (Lipinski definition) is 0. The molecular formula is C14H18N2O3. The Bertz CT molecular complexity index is 449. The minimum atomic E-state index is -0.469. The fourth-order valence-electron chi connectivity index (χ4n) is 2.75. The number of rotatable bonds is 3. The van der Waals surface area contributed by atoms with E-state index in [0.29, 0.717) is 5.75 Å². The first-order valence-corrected chi connectivity index (χ1v) is 6.62. The number of pyridine rings is 1. The van der Waals surface area contributed by atoms with Gasteiger partial charge in [0.2, 0.25) is 0 Å². The Morgan fingerprint density at radius 1 is 1.58 bits per heavy atom. The van der Waals surface area contributed by atoms with E-state index in [9.17, 15) is 4.79 Å². The highest BCUT2D eigenvalue weighted by atomic mass is 16.5. The molecule has 19 heavy (non-hydrogen) atoms. The van der Waals surface area contributed by atoms with Crippen LogP contribution in [0.25, 0.3) is 0 Å². The number of hydrogen-bond acceptors (Lipinski definition) is 4. The zero-order valence-corrected chi connectivity index (χ0v) is 11.0. The topological polar surface area (TPSA) is 51.7 Å². The molecule has 2 aliphatic heterocycles. The standard InChI is InChI=1S/C14H18N2O3/c1-11(19-12-3-2-5-15-7-12)13(17)16-8-14(9-16)4-6-18-10-14/h2-3,5,7,11H,4,6,8-10H2,1H3. The van der Waals surface area contributed by atoms with Crippen LogP contribution >= 0.6 is 0 Å². The molecule has 0 aromatic carbocycles. The van der Waals surface area contributed by atoms with Gasteiger partial charge in [-0.05, 0) is 25.5 Å². The van der Waals surface area contributed by atoms with E-state index in [1.165, 1.54) is 0 Å². The van der Waals surface area contributed by atoms with Gasteiger partial charge in [0.25, 0.3) is 5.91 Å². The molecule has 2 saturated heterocycles. The van der Waals surface area contributed by atoms with Crippen molar-refractivity contribution in [1.29, 1.82) is 0 Å². The SMILES string of the molecule is CC(Oc1cccnc1)C(=O)N1CC2(CCOC2)C1. The summed E-state index contributed by atoms with van der Waals surface area (Å²) in [5, 5.41) is 0. The van der Waals surface area contributed by atoms with Gasteiger partial charge in [-0.2, -0.15) is 0 Å². The predicted octanol–water partition coefficient (Wildman–Crippen LogP) is 1.10. The maximum Gasteiger partial charge on any atom is 0.263 e. The maximum absolute atomic E-state index is 12.2. The molecule has 2 fully saturated rings. The summed E-state index contributed by atoms with van der Waals surface area (Å²) in [6.07, 6.45) is 3.89. The van der Waals surface area contributed by atoms with Crippen molar-refractivity contribution in [1.82, 2.24) is 9.88 Å². The van der Waals surface area contributed by atoms with Crippen LogP contribution in [-0.2, 0) is 9.53 Å². The fraction of sp³-hybridized carbons (Fsp3) is 0.571. The summed E-state index contributed by atoms with van der Waals surface area (Å²) < 4.78 is 11.0. The molecule has 1 unspecified atom stereocenters. The minimum Gasteiger partial charge on any atom is -0.479 e. The number of aromatic nitrogens is 1. The van der Waals surface area contributed by atoms with E-state index in [2.05, 4.69) is 4.98 Å².